The molecule has 0 bridgehead atoms. The molecule has 34 heavy (non-hydrogen) atoms. The number of benzene rings is 2. The molecule has 3 aromatic rings. The molecule has 0 radical (unpaired) electrons. The highest BCUT2D eigenvalue weighted by Crippen LogP contribution is 2.41. The minimum atomic E-state index is -4.02. The Morgan fingerprint density at radius 2 is 1.76 bits per heavy atom. The Hall–Kier alpha value is -3.41. The van der Waals surface area contributed by atoms with Crippen molar-refractivity contribution < 1.29 is 27.6 Å². The summed E-state index contributed by atoms with van der Waals surface area (Å²) in [5, 5.41) is 15.9. The highest BCUT2D eigenvalue weighted by atomic mass is 32.2. The van der Waals surface area contributed by atoms with Crippen LogP contribution in [0.15, 0.2) is 57.8 Å². The summed E-state index contributed by atoms with van der Waals surface area (Å²) in [6.07, 6.45) is 2.25. The number of primary amides is 1. The lowest BCUT2D eigenvalue weighted by molar-refractivity contribution is -0.0854. The number of sulfonamides is 1. The zero-order chi connectivity index (χ0) is 24.5. The fourth-order valence-electron chi connectivity index (χ4n) is 4.29. The molecule has 1 aromatic heterocycles. The Morgan fingerprint density at radius 1 is 1.12 bits per heavy atom. The van der Waals surface area contributed by atoms with Crippen molar-refractivity contribution in [3.63, 3.8) is 0 Å². The van der Waals surface area contributed by atoms with Gasteiger partial charge in [-0.05, 0) is 62.1 Å². The van der Waals surface area contributed by atoms with E-state index < -0.39 is 16.1 Å². The number of ether oxygens (including phenoxy) is 1. The Bertz CT molecular complexity index is 1280. The minimum Gasteiger partial charge on any atom is -0.497 e. The van der Waals surface area contributed by atoms with Gasteiger partial charge in [0.15, 0.2) is 11.7 Å². The van der Waals surface area contributed by atoms with Gasteiger partial charge in [0.25, 0.3) is 0 Å². The predicted molar refractivity (Wildman–Crippen MR) is 124 cm³/mol. The number of oxazole rings is 1. The molecule has 4 rings (SSSR count). The van der Waals surface area contributed by atoms with E-state index in [0.29, 0.717) is 59.4 Å². The molecule has 11 heteroatoms. The first-order valence-electron chi connectivity index (χ1n) is 10.7. The van der Waals surface area contributed by atoms with Crippen molar-refractivity contribution in [3.05, 3.63) is 54.4 Å². The van der Waals surface area contributed by atoms with Crippen LogP contribution in [0, 0.1) is 0 Å². The molecule has 0 spiro atoms. The fourth-order valence-corrected chi connectivity index (χ4v) is 5.02. The Balaban J connectivity index is 1.75. The number of nitrogens with two attached hydrogens (primary N) is 2. The summed E-state index contributed by atoms with van der Waals surface area (Å²) in [6.45, 7) is 0. The van der Waals surface area contributed by atoms with Gasteiger partial charge >= 0.3 is 6.03 Å². The summed E-state index contributed by atoms with van der Waals surface area (Å²) < 4.78 is 35.9. The van der Waals surface area contributed by atoms with Crippen LogP contribution in [0.1, 0.15) is 37.5 Å². The molecular formula is C23H26N4O6S. The molecule has 1 heterocycles. The van der Waals surface area contributed by atoms with E-state index in [0.717, 1.165) is 5.56 Å². The summed E-state index contributed by atoms with van der Waals surface area (Å²) in [5.74, 6) is 1.34. The third kappa shape index (κ3) is 4.76. The van der Waals surface area contributed by atoms with Crippen molar-refractivity contribution in [1.82, 2.24) is 10.0 Å². The van der Waals surface area contributed by atoms with Gasteiger partial charge in [-0.2, -0.15) is 0 Å². The highest BCUT2D eigenvalue weighted by molar-refractivity contribution is 7.89. The lowest BCUT2D eigenvalue weighted by atomic mass is 9.86. The normalized spacial score (nSPS) is 18.4. The number of amides is 2. The molecule has 5 N–H and O–H groups in total. The van der Waals surface area contributed by atoms with Gasteiger partial charge in [0.05, 0.1) is 18.0 Å². The van der Waals surface area contributed by atoms with E-state index in [9.17, 15) is 18.4 Å². The number of nitrogens with zero attached hydrogens (tertiary/aromatic N) is 2. The topological polar surface area (TPSA) is 162 Å². The maximum atomic E-state index is 12.3. The average Bonchev–Trinajstić information content (AvgIpc) is 3.28. The van der Waals surface area contributed by atoms with Crippen molar-refractivity contribution in [2.24, 2.45) is 10.9 Å². The van der Waals surface area contributed by atoms with E-state index in [1.54, 1.807) is 37.4 Å². The molecule has 0 aliphatic heterocycles. The zero-order valence-corrected chi connectivity index (χ0v) is 19.4. The third-order valence-corrected chi connectivity index (χ3v) is 7.03. The monoisotopic (exact) mass is 486 g/mol. The average molecular weight is 487 g/mol. The van der Waals surface area contributed by atoms with Crippen molar-refractivity contribution in [2.45, 2.75) is 42.5 Å². The Morgan fingerprint density at radius 3 is 2.35 bits per heavy atom. The minimum absolute atomic E-state index is 0.0615. The zero-order valence-electron chi connectivity index (χ0n) is 18.5. The molecule has 0 atom stereocenters. The van der Waals surface area contributed by atoms with Crippen LogP contribution in [-0.4, -0.2) is 42.9 Å². The first-order valence-corrected chi connectivity index (χ1v) is 12.3. The standard InChI is InChI=1S/C23H26N4O6S/c1-32-17-12-8-14(9-13-17)20-21(18-4-2-3-5-19(18)34(25,30)31)33-22(26-20)15-6-10-16(11-7-15)27(29)23(24)28/h2-5,8-9,12-13,15-16,29H,6-7,10-11H2,1H3,(H2,24,28)(H2,25,30,31). The molecule has 2 aromatic carbocycles. The molecule has 1 fully saturated rings. The van der Waals surface area contributed by atoms with Gasteiger partial charge in [0, 0.05) is 17.0 Å². The number of rotatable bonds is 6. The van der Waals surface area contributed by atoms with E-state index in [1.807, 2.05) is 12.1 Å². The van der Waals surface area contributed by atoms with Crippen molar-refractivity contribution >= 4 is 16.1 Å². The molecule has 10 nitrogen and oxygen atoms in total. The number of hydrogen-bond acceptors (Lipinski definition) is 7. The maximum absolute atomic E-state index is 12.3. The lowest BCUT2D eigenvalue weighted by Gasteiger charge is -2.30. The van der Waals surface area contributed by atoms with Crippen LogP contribution in [0.25, 0.3) is 22.6 Å². The first-order chi connectivity index (χ1) is 16.2. The van der Waals surface area contributed by atoms with Gasteiger partial charge in [-0.15, -0.1) is 0 Å². The van der Waals surface area contributed by atoms with Crippen molar-refractivity contribution in [1.29, 1.82) is 0 Å². The quantitative estimate of drug-likeness (QED) is 0.355. The predicted octanol–water partition coefficient (Wildman–Crippen LogP) is 3.46. The van der Waals surface area contributed by atoms with Gasteiger partial charge < -0.3 is 14.9 Å². The number of primary sulfonamides is 1. The van der Waals surface area contributed by atoms with E-state index in [1.165, 1.54) is 6.07 Å². The van der Waals surface area contributed by atoms with Crippen LogP contribution in [0.5, 0.6) is 5.75 Å². The number of hydroxylamine groups is 2. The number of urea groups is 1. The van der Waals surface area contributed by atoms with Crippen LogP contribution in [0.4, 0.5) is 4.79 Å². The Labute approximate surface area is 197 Å². The first kappa shape index (κ1) is 23.7. The second-order valence-electron chi connectivity index (χ2n) is 8.19. The molecular weight excluding hydrogens is 460 g/mol. The van der Waals surface area contributed by atoms with Gasteiger partial charge in [-0.3, -0.25) is 5.21 Å². The number of hydrogen-bond donors (Lipinski definition) is 3. The fraction of sp³-hybridized carbons (Fsp3) is 0.304. The van der Waals surface area contributed by atoms with E-state index in [2.05, 4.69) is 0 Å². The smallest absolute Gasteiger partial charge is 0.338 e. The highest BCUT2D eigenvalue weighted by Gasteiger charge is 2.32. The molecule has 0 saturated heterocycles. The summed E-state index contributed by atoms with van der Waals surface area (Å²) >= 11 is 0. The Kier molecular flexibility index (Phi) is 6.60. The number of carbonyl (C=O) groups is 1. The van der Waals surface area contributed by atoms with Crippen LogP contribution < -0.4 is 15.6 Å². The lowest BCUT2D eigenvalue weighted by Crippen LogP contribution is -2.42. The van der Waals surface area contributed by atoms with E-state index >= 15 is 0 Å². The van der Waals surface area contributed by atoms with E-state index in [-0.39, 0.29) is 16.9 Å². The summed E-state index contributed by atoms with van der Waals surface area (Å²) in [4.78, 5) is 16.0. The molecule has 1 saturated carbocycles. The number of methoxy groups -OCH3 is 1. The SMILES string of the molecule is COc1ccc(-c2nc(C3CCC(N(O)C(N)=O)CC3)oc2-c2ccccc2S(N)(=O)=O)cc1. The van der Waals surface area contributed by atoms with Gasteiger partial charge in [-0.1, -0.05) is 12.1 Å². The van der Waals surface area contributed by atoms with Crippen LogP contribution in [0.3, 0.4) is 0 Å². The van der Waals surface area contributed by atoms with Crippen molar-refractivity contribution in [3.8, 4) is 28.3 Å². The molecule has 0 unspecified atom stereocenters. The third-order valence-electron chi connectivity index (χ3n) is 6.06. The molecule has 1 aliphatic rings. The van der Waals surface area contributed by atoms with E-state index in [4.69, 9.17) is 25.0 Å². The van der Waals surface area contributed by atoms with Crippen molar-refractivity contribution in [2.75, 3.05) is 7.11 Å². The number of aromatic nitrogens is 1. The second kappa shape index (κ2) is 9.45. The largest absolute Gasteiger partial charge is 0.497 e. The number of carbonyl (C=O) groups excluding carboxylic acids is 1. The van der Waals surface area contributed by atoms with Crippen LogP contribution >= 0.6 is 0 Å². The molecule has 180 valence electrons. The van der Waals surface area contributed by atoms with Gasteiger partial charge in [0.2, 0.25) is 10.0 Å². The van der Waals surface area contributed by atoms with Crippen LogP contribution in [0.2, 0.25) is 0 Å². The second-order valence-corrected chi connectivity index (χ2v) is 9.72. The van der Waals surface area contributed by atoms with Crippen LogP contribution in [-0.2, 0) is 10.0 Å². The van der Waals surface area contributed by atoms with Gasteiger partial charge in [-0.25, -0.2) is 28.4 Å². The molecule has 1 aliphatic carbocycles. The molecule has 2 amide bonds. The summed E-state index contributed by atoms with van der Waals surface area (Å²) in [7, 11) is -2.45. The van der Waals surface area contributed by atoms with Gasteiger partial charge in [0.1, 0.15) is 11.4 Å². The maximum Gasteiger partial charge on any atom is 0.338 e. The summed E-state index contributed by atoms with van der Waals surface area (Å²) in [5.41, 5.74) is 6.69. The summed E-state index contributed by atoms with van der Waals surface area (Å²) in [6, 6.07) is 12.3.